The molecule has 1 aromatic heterocycles. The van der Waals surface area contributed by atoms with Crippen molar-refractivity contribution in [3.63, 3.8) is 0 Å². The molecule has 9 nitrogen and oxygen atoms in total. The van der Waals surface area contributed by atoms with E-state index in [0.717, 1.165) is 29.4 Å². The van der Waals surface area contributed by atoms with E-state index < -0.39 is 11.4 Å². The van der Waals surface area contributed by atoms with Crippen LogP contribution in [0.4, 0.5) is 4.79 Å². The number of thioether (sulfide) groups is 1. The lowest BCUT2D eigenvalue weighted by atomic mass is 9.80. The van der Waals surface area contributed by atoms with Gasteiger partial charge in [0.2, 0.25) is 5.16 Å². The van der Waals surface area contributed by atoms with E-state index in [0.29, 0.717) is 25.6 Å². The Morgan fingerprint density at radius 3 is 2.71 bits per heavy atom. The van der Waals surface area contributed by atoms with Crippen LogP contribution in [-0.2, 0) is 14.2 Å². The monoisotopic (exact) mass is 489 g/mol. The van der Waals surface area contributed by atoms with Gasteiger partial charge >= 0.3 is 6.09 Å². The van der Waals surface area contributed by atoms with Gasteiger partial charge in [-0.1, -0.05) is 30.0 Å². The molecule has 1 aromatic carbocycles. The highest BCUT2D eigenvalue weighted by atomic mass is 32.2. The first-order chi connectivity index (χ1) is 16.1. The van der Waals surface area contributed by atoms with Crippen molar-refractivity contribution in [2.24, 2.45) is 11.8 Å². The second-order valence-electron chi connectivity index (χ2n) is 10.4. The summed E-state index contributed by atoms with van der Waals surface area (Å²) in [6, 6.07) is 9.89. The van der Waals surface area contributed by atoms with Crippen LogP contribution in [0.3, 0.4) is 0 Å². The van der Waals surface area contributed by atoms with Crippen molar-refractivity contribution in [1.82, 2.24) is 25.1 Å². The molecule has 2 aromatic rings. The third-order valence-electron chi connectivity index (χ3n) is 6.13. The van der Waals surface area contributed by atoms with E-state index in [1.807, 2.05) is 69.9 Å². The van der Waals surface area contributed by atoms with Crippen LogP contribution in [-0.4, -0.2) is 74.1 Å². The molecule has 0 spiro atoms. The second-order valence-corrected chi connectivity index (χ2v) is 11.4. The molecular formula is C24H35N5O4S. The number of tetrazole rings is 1. The van der Waals surface area contributed by atoms with Gasteiger partial charge in [0, 0.05) is 24.8 Å². The Kier molecular flexibility index (Phi) is 7.49. The van der Waals surface area contributed by atoms with E-state index in [2.05, 4.69) is 15.5 Å². The van der Waals surface area contributed by atoms with Crippen LogP contribution < -0.4 is 0 Å². The summed E-state index contributed by atoms with van der Waals surface area (Å²) in [6.07, 6.45) is 1.56. The van der Waals surface area contributed by atoms with Crippen LogP contribution in [0.15, 0.2) is 35.5 Å². The van der Waals surface area contributed by atoms with Crippen molar-refractivity contribution in [3.05, 3.63) is 30.3 Å². The molecule has 2 aliphatic rings. The molecule has 0 bridgehead atoms. The Morgan fingerprint density at radius 2 is 2.03 bits per heavy atom. The molecule has 1 amide bonds. The van der Waals surface area contributed by atoms with Crippen LogP contribution in [0.25, 0.3) is 5.69 Å². The molecule has 0 N–H and O–H groups in total. The average molecular weight is 490 g/mol. The molecule has 3 unspecified atom stereocenters. The topological polar surface area (TPSA) is 91.6 Å². The largest absolute Gasteiger partial charge is 0.444 e. The van der Waals surface area contributed by atoms with Crippen molar-refractivity contribution < 1.29 is 19.0 Å². The lowest BCUT2D eigenvalue weighted by Crippen LogP contribution is -2.50. The Morgan fingerprint density at radius 1 is 1.26 bits per heavy atom. The summed E-state index contributed by atoms with van der Waals surface area (Å²) in [5.41, 5.74) is 0.426. The number of likely N-dealkylation sites (tertiary alicyclic amines) is 1. The van der Waals surface area contributed by atoms with Gasteiger partial charge in [0.15, 0.2) is 5.79 Å². The molecule has 2 aliphatic heterocycles. The number of rotatable bonds is 6. The molecule has 10 heteroatoms. The van der Waals surface area contributed by atoms with Crippen molar-refractivity contribution in [2.45, 2.75) is 70.1 Å². The van der Waals surface area contributed by atoms with Gasteiger partial charge in [-0.05, 0) is 75.9 Å². The molecular weight excluding hydrogens is 454 g/mol. The number of ether oxygens (including phenoxy) is 3. The van der Waals surface area contributed by atoms with Gasteiger partial charge in [0.1, 0.15) is 5.60 Å². The zero-order chi connectivity index (χ0) is 24.3. The molecule has 2 saturated heterocycles. The van der Waals surface area contributed by atoms with Gasteiger partial charge in [0.25, 0.3) is 0 Å². The van der Waals surface area contributed by atoms with E-state index in [1.165, 1.54) is 0 Å². The molecule has 0 saturated carbocycles. The Labute approximate surface area is 205 Å². The first-order valence-corrected chi connectivity index (χ1v) is 12.9. The maximum Gasteiger partial charge on any atom is 0.410 e. The lowest BCUT2D eigenvalue weighted by molar-refractivity contribution is -0.150. The minimum atomic E-state index is -0.601. The molecule has 186 valence electrons. The van der Waals surface area contributed by atoms with Crippen LogP contribution in [0.2, 0.25) is 0 Å². The van der Waals surface area contributed by atoms with E-state index in [-0.39, 0.29) is 18.1 Å². The van der Waals surface area contributed by atoms with Gasteiger partial charge in [-0.2, -0.15) is 4.68 Å². The molecule has 4 rings (SSSR count). The minimum Gasteiger partial charge on any atom is -0.444 e. The Bertz CT molecular complexity index is 962. The van der Waals surface area contributed by atoms with E-state index in [4.69, 9.17) is 14.2 Å². The minimum absolute atomic E-state index is 0.0510. The SMILES string of the molecule is CC(C)(C)OC(=O)N1CCC(CCSc2nnnn2-c2ccccc2)C(C2COC(C)(C)O2)C1. The van der Waals surface area contributed by atoms with Gasteiger partial charge < -0.3 is 19.1 Å². The van der Waals surface area contributed by atoms with Crippen LogP contribution >= 0.6 is 11.8 Å². The predicted octanol–water partition coefficient (Wildman–Crippen LogP) is 4.17. The zero-order valence-electron chi connectivity index (χ0n) is 20.6. The summed E-state index contributed by atoms with van der Waals surface area (Å²) >= 11 is 1.65. The first-order valence-electron chi connectivity index (χ1n) is 11.9. The predicted molar refractivity (Wildman–Crippen MR) is 129 cm³/mol. The number of piperidine rings is 1. The number of carbonyl (C=O) groups is 1. The average Bonchev–Trinajstić information content (AvgIpc) is 3.39. The normalized spacial score (nSPS) is 24.9. The lowest BCUT2D eigenvalue weighted by Gasteiger charge is -2.41. The standard InChI is InChI=1S/C24H35N5O4S/c1-23(2,3)33-22(30)28-13-11-17(19(15-28)20-16-31-24(4,5)32-20)12-14-34-21-25-26-27-29(21)18-9-7-6-8-10-18/h6-10,17,19-20H,11-16H2,1-5H3. The van der Waals surface area contributed by atoms with Crippen LogP contribution in [0.5, 0.6) is 0 Å². The van der Waals surface area contributed by atoms with Crippen molar-refractivity contribution >= 4 is 17.9 Å². The molecule has 0 radical (unpaired) electrons. The molecule has 2 fully saturated rings. The summed E-state index contributed by atoms with van der Waals surface area (Å²) in [6.45, 7) is 11.4. The second kappa shape index (κ2) is 10.2. The summed E-state index contributed by atoms with van der Waals surface area (Å²) in [5.74, 6) is 0.844. The van der Waals surface area contributed by atoms with Crippen LogP contribution in [0.1, 0.15) is 47.5 Å². The number of amides is 1. The number of carbonyl (C=O) groups excluding carboxylic acids is 1. The van der Waals surface area contributed by atoms with E-state index >= 15 is 0 Å². The summed E-state index contributed by atoms with van der Waals surface area (Å²) < 4.78 is 19.5. The number of aromatic nitrogens is 4. The van der Waals surface area contributed by atoms with Crippen molar-refractivity contribution in [2.75, 3.05) is 25.4 Å². The smallest absolute Gasteiger partial charge is 0.410 e. The van der Waals surface area contributed by atoms with Gasteiger partial charge in [-0.15, -0.1) is 5.10 Å². The van der Waals surface area contributed by atoms with E-state index in [9.17, 15) is 4.79 Å². The van der Waals surface area contributed by atoms with Crippen LogP contribution in [0, 0.1) is 11.8 Å². The third kappa shape index (κ3) is 6.28. The molecule has 3 heterocycles. The maximum absolute atomic E-state index is 12.8. The van der Waals surface area contributed by atoms with Gasteiger partial charge in [-0.25, -0.2) is 4.79 Å². The first kappa shape index (κ1) is 24.9. The number of hydrogen-bond donors (Lipinski definition) is 0. The Balaban J connectivity index is 1.40. The third-order valence-corrected chi connectivity index (χ3v) is 7.08. The maximum atomic E-state index is 12.8. The highest BCUT2D eigenvalue weighted by molar-refractivity contribution is 7.99. The fraction of sp³-hybridized carbons (Fsp3) is 0.667. The fourth-order valence-corrected chi connectivity index (χ4v) is 5.49. The molecule has 34 heavy (non-hydrogen) atoms. The highest BCUT2D eigenvalue weighted by Crippen LogP contribution is 2.37. The summed E-state index contributed by atoms with van der Waals surface area (Å²) in [7, 11) is 0. The molecule has 0 aliphatic carbocycles. The van der Waals surface area contributed by atoms with E-state index in [1.54, 1.807) is 16.4 Å². The number of nitrogens with zero attached hydrogens (tertiary/aromatic N) is 5. The van der Waals surface area contributed by atoms with Gasteiger partial charge in [0.05, 0.1) is 18.4 Å². The summed E-state index contributed by atoms with van der Waals surface area (Å²) in [5, 5.41) is 13.0. The Hall–Kier alpha value is -2.17. The number of para-hydroxylation sites is 1. The quantitative estimate of drug-likeness (QED) is 0.559. The number of benzene rings is 1. The molecule has 3 atom stereocenters. The van der Waals surface area contributed by atoms with Gasteiger partial charge in [-0.3, -0.25) is 0 Å². The number of hydrogen-bond acceptors (Lipinski definition) is 8. The van der Waals surface area contributed by atoms with Crippen molar-refractivity contribution in [1.29, 1.82) is 0 Å². The zero-order valence-corrected chi connectivity index (χ0v) is 21.5. The van der Waals surface area contributed by atoms with Crippen molar-refractivity contribution in [3.8, 4) is 5.69 Å². The summed E-state index contributed by atoms with van der Waals surface area (Å²) in [4.78, 5) is 14.6. The fourth-order valence-electron chi connectivity index (χ4n) is 4.53. The highest BCUT2D eigenvalue weighted by Gasteiger charge is 2.44.